The van der Waals surface area contributed by atoms with Gasteiger partial charge in [0.05, 0.1) is 12.0 Å². The van der Waals surface area contributed by atoms with E-state index in [-0.39, 0.29) is 54.8 Å². The van der Waals surface area contributed by atoms with Gasteiger partial charge in [0.2, 0.25) is 0 Å². The van der Waals surface area contributed by atoms with E-state index in [1.807, 2.05) is 13.8 Å². The molecule has 3 unspecified atom stereocenters. The lowest BCUT2D eigenvalue weighted by atomic mass is 9.85. The SMILES string of the molecule is CN=C(NCC(NC(=O)OC(C)(C)C)C(C)C)NC1CCCC(C(F)(F)F)C1.I. The van der Waals surface area contributed by atoms with Crippen molar-refractivity contribution in [1.82, 2.24) is 16.0 Å². The maximum absolute atomic E-state index is 13.0. The fourth-order valence-electron chi connectivity index (χ4n) is 3.13. The van der Waals surface area contributed by atoms with Gasteiger partial charge >= 0.3 is 12.3 Å². The van der Waals surface area contributed by atoms with Crippen molar-refractivity contribution < 1.29 is 22.7 Å². The molecule has 0 spiro atoms. The zero-order valence-corrected chi connectivity index (χ0v) is 20.5. The van der Waals surface area contributed by atoms with Crippen molar-refractivity contribution in [2.75, 3.05) is 13.6 Å². The van der Waals surface area contributed by atoms with Crippen molar-refractivity contribution in [1.29, 1.82) is 0 Å². The number of nitrogens with zero attached hydrogens (tertiary/aromatic N) is 1. The zero-order chi connectivity index (χ0) is 21.5. The largest absolute Gasteiger partial charge is 0.444 e. The molecule has 0 bridgehead atoms. The molecule has 6 nitrogen and oxygen atoms in total. The van der Waals surface area contributed by atoms with Crippen LogP contribution in [-0.2, 0) is 4.74 Å². The lowest BCUT2D eigenvalue weighted by Crippen LogP contribution is -2.52. The Balaban J connectivity index is 0.00000784. The maximum Gasteiger partial charge on any atom is 0.407 e. The predicted octanol–water partition coefficient (Wildman–Crippen LogP) is 4.44. The van der Waals surface area contributed by atoms with Gasteiger partial charge in [-0.15, -0.1) is 24.0 Å². The smallest absolute Gasteiger partial charge is 0.407 e. The molecular formula is C19H36F3IN4O2. The van der Waals surface area contributed by atoms with Crippen LogP contribution in [0, 0.1) is 11.8 Å². The third kappa shape index (κ3) is 11.1. The molecule has 1 saturated carbocycles. The number of halogens is 4. The zero-order valence-electron chi connectivity index (χ0n) is 18.2. The number of carbonyl (C=O) groups is 1. The average molecular weight is 536 g/mol. The highest BCUT2D eigenvalue weighted by molar-refractivity contribution is 14.0. The Labute approximate surface area is 189 Å². The molecule has 172 valence electrons. The Bertz CT molecular complexity index is 537. The third-order valence-corrected chi connectivity index (χ3v) is 4.70. The number of hydrogen-bond acceptors (Lipinski definition) is 3. The molecule has 0 aromatic carbocycles. The second-order valence-electron chi connectivity index (χ2n) is 8.70. The molecule has 3 atom stereocenters. The first kappa shape index (κ1) is 28.1. The van der Waals surface area contributed by atoms with Crippen LogP contribution in [0.1, 0.15) is 60.3 Å². The van der Waals surface area contributed by atoms with Gasteiger partial charge in [-0.05, 0) is 46.0 Å². The topological polar surface area (TPSA) is 74.8 Å². The predicted molar refractivity (Wildman–Crippen MR) is 120 cm³/mol. The standard InChI is InChI=1S/C19H35F3N4O2.HI/c1-12(2)15(26-17(27)28-18(3,4)5)11-24-16(23-6)25-14-9-7-8-13(10-14)19(20,21)22;/h12-15H,7-11H2,1-6H3,(H,26,27)(H2,23,24,25);1H. The molecule has 0 aromatic rings. The Kier molecular flexibility index (Phi) is 11.7. The fourth-order valence-corrected chi connectivity index (χ4v) is 3.13. The summed E-state index contributed by atoms with van der Waals surface area (Å²) in [5, 5.41) is 9.02. The van der Waals surface area contributed by atoms with E-state index in [0.29, 0.717) is 25.3 Å². The molecule has 1 fully saturated rings. The summed E-state index contributed by atoms with van der Waals surface area (Å²) in [6.45, 7) is 9.69. The van der Waals surface area contributed by atoms with E-state index in [2.05, 4.69) is 20.9 Å². The minimum Gasteiger partial charge on any atom is -0.444 e. The third-order valence-electron chi connectivity index (χ3n) is 4.70. The van der Waals surface area contributed by atoms with Crippen LogP contribution in [-0.4, -0.2) is 49.5 Å². The number of ether oxygens (including phenoxy) is 1. The van der Waals surface area contributed by atoms with Gasteiger partial charge in [-0.1, -0.05) is 20.3 Å². The molecule has 1 aliphatic carbocycles. The summed E-state index contributed by atoms with van der Waals surface area (Å²) >= 11 is 0. The number of carbonyl (C=O) groups excluding carboxylic acids is 1. The van der Waals surface area contributed by atoms with Crippen LogP contribution in [0.25, 0.3) is 0 Å². The maximum atomic E-state index is 13.0. The fraction of sp³-hybridized carbons (Fsp3) is 0.895. The van der Waals surface area contributed by atoms with Crippen molar-refractivity contribution >= 4 is 36.0 Å². The molecule has 3 N–H and O–H groups in total. The highest BCUT2D eigenvalue weighted by atomic mass is 127. The molecule has 1 rings (SSSR count). The number of rotatable bonds is 5. The normalized spacial score (nSPS) is 21.8. The van der Waals surface area contributed by atoms with Crippen LogP contribution in [0.3, 0.4) is 0 Å². The number of guanidine groups is 1. The summed E-state index contributed by atoms with van der Waals surface area (Å²) in [6, 6.07) is -0.495. The lowest BCUT2D eigenvalue weighted by molar-refractivity contribution is -0.183. The van der Waals surface area contributed by atoms with Gasteiger partial charge in [-0.2, -0.15) is 13.2 Å². The van der Waals surface area contributed by atoms with Crippen molar-refractivity contribution in [2.45, 2.75) is 84.2 Å². The van der Waals surface area contributed by atoms with E-state index >= 15 is 0 Å². The van der Waals surface area contributed by atoms with Gasteiger partial charge in [0.25, 0.3) is 0 Å². The quantitative estimate of drug-likeness (QED) is 0.276. The molecule has 1 aliphatic rings. The number of hydrogen-bond donors (Lipinski definition) is 3. The molecule has 0 aromatic heterocycles. The number of aliphatic imine (C=N–C) groups is 1. The minimum atomic E-state index is -4.16. The first-order valence-corrected chi connectivity index (χ1v) is 9.85. The lowest BCUT2D eigenvalue weighted by Gasteiger charge is -2.32. The van der Waals surface area contributed by atoms with Gasteiger partial charge in [0.1, 0.15) is 5.60 Å². The molecular weight excluding hydrogens is 500 g/mol. The first-order valence-electron chi connectivity index (χ1n) is 9.85. The van der Waals surface area contributed by atoms with Crippen LogP contribution in [0.5, 0.6) is 0 Å². The monoisotopic (exact) mass is 536 g/mol. The highest BCUT2D eigenvalue weighted by Gasteiger charge is 2.42. The Morgan fingerprint density at radius 3 is 2.31 bits per heavy atom. The van der Waals surface area contributed by atoms with E-state index in [9.17, 15) is 18.0 Å². The van der Waals surface area contributed by atoms with E-state index in [0.717, 1.165) is 0 Å². The molecule has 0 radical (unpaired) electrons. The summed E-state index contributed by atoms with van der Waals surface area (Å²) in [5.41, 5.74) is -0.591. The summed E-state index contributed by atoms with van der Waals surface area (Å²) < 4.78 is 44.3. The first-order chi connectivity index (χ1) is 12.8. The van der Waals surface area contributed by atoms with E-state index in [1.165, 1.54) is 0 Å². The van der Waals surface area contributed by atoms with Crippen LogP contribution in [0.4, 0.5) is 18.0 Å². The van der Waals surface area contributed by atoms with Crippen LogP contribution < -0.4 is 16.0 Å². The molecule has 10 heteroatoms. The second kappa shape index (κ2) is 12.0. The van der Waals surface area contributed by atoms with Crippen molar-refractivity contribution in [3.63, 3.8) is 0 Å². The van der Waals surface area contributed by atoms with E-state index in [1.54, 1.807) is 27.8 Å². The molecule has 29 heavy (non-hydrogen) atoms. The Hall–Kier alpha value is -0.940. The average Bonchev–Trinajstić information content (AvgIpc) is 2.54. The van der Waals surface area contributed by atoms with Crippen LogP contribution in [0.15, 0.2) is 4.99 Å². The molecule has 0 saturated heterocycles. The van der Waals surface area contributed by atoms with E-state index < -0.39 is 23.8 Å². The summed E-state index contributed by atoms with van der Waals surface area (Å²) in [4.78, 5) is 16.1. The van der Waals surface area contributed by atoms with Gasteiger partial charge in [-0.3, -0.25) is 4.99 Å². The van der Waals surface area contributed by atoms with Crippen molar-refractivity contribution in [3.8, 4) is 0 Å². The second-order valence-corrected chi connectivity index (χ2v) is 8.70. The van der Waals surface area contributed by atoms with Crippen LogP contribution >= 0.6 is 24.0 Å². The minimum absolute atomic E-state index is 0. The number of alkyl halides is 3. The number of alkyl carbamates (subject to hydrolysis) is 1. The molecule has 1 amide bonds. The van der Waals surface area contributed by atoms with Crippen LogP contribution in [0.2, 0.25) is 0 Å². The van der Waals surface area contributed by atoms with Gasteiger partial charge < -0.3 is 20.7 Å². The number of amides is 1. The van der Waals surface area contributed by atoms with Gasteiger partial charge in [0, 0.05) is 19.6 Å². The Morgan fingerprint density at radius 1 is 1.21 bits per heavy atom. The Morgan fingerprint density at radius 2 is 1.83 bits per heavy atom. The van der Waals surface area contributed by atoms with Crippen molar-refractivity contribution in [3.05, 3.63) is 0 Å². The number of nitrogens with one attached hydrogen (secondary N) is 3. The summed E-state index contributed by atoms with van der Waals surface area (Å²) in [5.74, 6) is -0.707. The molecule has 0 heterocycles. The summed E-state index contributed by atoms with van der Waals surface area (Å²) in [6.07, 6.45) is -3.21. The summed E-state index contributed by atoms with van der Waals surface area (Å²) in [7, 11) is 1.57. The van der Waals surface area contributed by atoms with E-state index in [4.69, 9.17) is 4.74 Å². The van der Waals surface area contributed by atoms with Gasteiger partial charge in [-0.25, -0.2) is 4.79 Å². The van der Waals surface area contributed by atoms with Crippen molar-refractivity contribution in [2.24, 2.45) is 16.8 Å². The molecule has 0 aliphatic heterocycles. The van der Waals surface area contributed by atoms with Gasteiger partial charge in [0.15, 0.2) is 5.96 Å². The highest BCUT2D eigenvalue weighted by Crippen LogP contribution is 2.37.